The Morgan fingerprint density at radius 2 is 1.71 bits per heavy atom. The minimum atomic E-state index is -0.0441. The molecule has 0 spiro atoms. The zero-order valence-corrected chi connectivity index (χ0v) is 17.5. The van der Waals surface area contributed by atoms with Crippen LogP contribution < -0.4 is 14.4 Å². The fourth-order valence-electron chi connectivity index (χ4n) is 2.92. The summed E-state index contributed by atoms with van der Waals surface area (Å²) in [4.78, 5) is 21.8. The molecule has 0 bridgehead atoms. The zero-order chi connectivity index (χ0) is 20.1. The fraction of sp³-hybridized carbons (Fsp3) is 0.333. The van der Waals surface area contributed by atoms with Crippen LogP contribution in [-0.2, 0) is 0 Å². The van der Waals surface area contributed by atoms with Crippen LogP contribution in [0.25, 0.3) is 10.2 Å². The summed E-state index contributed by atoms with van der Waals surface area (Å²) in [6.07, 6.45) is 0.855. The molecule has 0 saturated heterocycles. The number of benzene rings is 2. The van der Waals surface area contributed by atoms with Crippen molar-refractivity contribution in [2.45, 2.75) is 6.42 Å². The smallest absolute Gasteiger partial charge is 0.260 e. The molecule has 0 atom stereocenters. The number of carbonyl (C=O) groups is 1. The van der Waals surface area contributed by atoms with Crippen molar-refractivity contribution < 1.29 is 14.3 Å². The molecular weight excluding hydrogens is 374 g/mol. The van der Waals surface area contributed by atoms with Gasteiger partial charge >= 0.3 is 0 Å². The predicted octanol–water partition coefficient (Wildman–Crippen LogP) is 3.91. The number of methoxy groups -OCH3 is 2. The van der Waals surface area contributed by atoms with E-state index < -0.39 is 0 Å². The number of ether oxygens (including phenoxy) is 2. The average molecular weight is 400 g/mol. The number of anilines is 1. The van der Waals surface area contributed by atoms with Gasteiger partial charge in [-0.3, -0.25) is 9.69 Å². The minimum Gasteiger partial charge on any atom is -0.493 e. The van der Waals surface area contributed by atoms with Crippen LogP contribution in [0.4, 0.5) is 5.13 Å². The summed E-state index contributed by atoms with van der Waals surface area (Å²) in [5, 5.41) is 0.679. The molecule has 0 unspecified atom stereocenters. The quantitative estimate of drug-likeness (QED) is 0.575. The van der Waals surface area contributed by atoms with E-state index in [1.807, 2.05) is 56.6 Å². The van der Waals surface area contributed by atoms with Crippen molar-refractivity contribution in [2.24, 2.45) is 0 Å². The average Bonchev–Trinajstić information content (AvgIpc) is 3.12. The maximum absolute atomic E-state index is 13.2. The van der Waals surface area contributed by atoms with Gasteiger partial charge in [0.15, 0.2) is 16.6 Å². The summed E-state index contributed by atoms with van der Waals surface area (Å²) in [7, 11) is 7.26. The third kappa shape index (κ3) is 4.43. The molecule has 7 heteroatoms. The first-order chi connectivity index (χ1) is 13.5. The molecule has 1 heterocycles. The highest BCUT2D eigenvalue weighted by Gasteiger charge is 2.22. The second-order valence-electron chi connectivity index (χ2n) is 6.65. The van der Waals surface area contributed by atoms with Crippen molar-refractivity contribution >= 4 is 32.6 Å². The minimum absolute atomic E-state index is 0.0441. The largest absolute Gasteiger partial charge is 0.493 e. The van der Waals surface area contributed by atoms with Crippen LogP contribution >= 0.6 is 11.3 Å². The topological polar surface area (TPSA) is 54.9 Å². The lowest BCUT2D eigenvalue weighted by atomic mass is 10.2. The summed E-state index contributed by atoms with van der Waals surface area (Å²) >= 11 is 1.48. The number of rotatable bonds is 8. The first kappa shape index (κ1) is 20.1. The van der Waals surface area contributed by atoms with Crippen molar-refractivity contribution in [3.63, 3.8) is 0 Å². The Bertz CT molecular complexity index is 900. The lowest BCUT2D eigenvalue weighted by Gasteiger charge is -2.21. The highest BCUT2D eigenvalue weighted by Crippen LogP contribution is 2.37. The fourth-order valence-corrected chi connectivity index (χ4v) is 3.92. The molecule has 0 aliphatic heterocycles. The van der Waals surface area contributed by atoms with E-state index in [2.05, 4.69) is 4.90 Å². The van der Waals surface area contributed by atoms with Gasteiger partial charge in [0, 0.05) is 24.2 Å². The zero-order valence-electron chi connectivity index (χ0n) is 16.6. The van der Waals surface area contributed by atoms with Gasteiger partial charge in [0.2, 0.25) is 0 Å². The number of amides is 1. The van der Waals surface area contributed by atoms with Gasteiger partial charge in [-0.25, -0.2) is 4.98 Å². The molecule has 148 valence electrons. The monoisotopic (exact) mass is 399 g/mol. The second kappa shape index (κ2) is 9.03. The van der Waals surface area contributed by atoms with Crippen LogP contribution in [-0.4, -0.2) is 57.2 Å². The number of carbonyl (C=O) groups excluding carboxylic acids is 1. The molecule has 6 nitrogen and oxygen atoms in total. The van der Waals surface area contributed by atoms with E-state index in [4.69, 9.17) is 14.5 Å². The number of thiazole rings is 1. The van der Waals surface area contributed by atoms with Crippen molar-refractivity contribution in [3.8, 4) is 11.5 Å². The van der Waals surface area contributed by atoms with E-state index in [0.717, 1.165) is 23.2 Å². The molecule has 1 amide bonds. The first-order valence-electron chi connectivity index (χ1n) is 9.07. The van der Waals surface area contributed by atoms with E-state index in [1.54, 1.807) is 19.1 Å². The highest BCUT2D eigenvalue weighted by atomic mass is 32.1. The van der Waals surface area contributed by atoms with Gasteiger partial charge in [0.05, 0.1) is 24.4 Å². The summed E-state index contributed by atoms with van der Waals surface area (Å²) in [6, 6.07) is 13.1. The summed E-state index contributed by atoms with van der Waals surface area (Å²) < 4.78 is 11.7. The molecular formula is C21H25N3O3S. The lowest BCUT2D eigenvalue weighted by molar-refractivity contribution is 0.0986. The molecule has 28 heavy (non-hydrogen) atoms. The number of hydrogen-bond acceptors (Lipinski definition) is 6. The molecule has 2 aromatic carbocycles. The van der Waals surface area contributed by atoms with Crippen LogP contribution in [0.1, 0.15) is 16.8 Å². The van der Waals surface area contributed by atoms with E-state index in [9.17, 15) is 4.79 Å². The van der Waals surface area contributed by atoms with Crippen LogP contribution in [0.3, 0.4) is 0 Å². The Morgan fingerprint density at radius 1 is 1.04 bits per heavy atom. The third-order valence-electron chi connectivity index (χ3n) is 4.37. The molecule has 1 aromatic heterocycles. The van der Waals surface area contributed by atoms with Gasteiger partial charge < -0.3 is 14.4 Å². The SMILES string of the molecule is COc1cc2nc(N(CCCN(C)C)C(=O)c3ccccc3)sc2cc1OC. The molecule has 0 saturated carbocycles. The van der Waals surface area contributed by atoms with Gasteiger partial charge in [-0.15, -0.1) is 0 Å². The van der Waals surface area contributed by atoms with E-state index >= 15 is 0 Å². The maximum Gasteiger partial charge on any atom is 0.260 e. The summed E-state index contributed by atoms with van der Waals surface area (Å²) in [6.45, 7) is 1.49. The standard InChI is InChI=1S/C21H25N3O3S/c1-23(2)11-8-12-24(20(25)15-9-6-5-7-10-15)21-22-16-13-17(26-3)18(27-4)14-19(16)28-21/h5-7,9-10,13-14H,8,11-12H2,1-4H3. The Balaban J connectivity index is 1.97. The number of hydrogen-bond donors (Lipinski definition) is 0. The summed E-state index contributed by atoms with van der Waals surface area (Å²) in [5.74, 6) is 1.23. The van der Waals surface area contributed by atoms with E-state index in [-0.39, 0.29) is 5.91 Å². The highest BCUT2D eigenvalue weighted by molar-refractivity contribution is 7.22. The Hall–Kier alpha value is -2.64. The van der Waals surface area contributed by atoms with Crippen molar-refractivity contribution in [3.05, 3.63) is 48.0 Å². The third-order valence-corrected chi connectivity index (χ3v) is 5.41. The molecule has 0 aliphatic carbocycles. The summed E-state index contributed by atoms with van der Waals surface area (Å²) in [5.41, 5.74) is 1.44. The van der Waals surface area contributed by atoms with Crippen molar-refractivity contribution in [2.75, 3.05) is 46.3 Å². The van der Waals surface area contributed by atoms with Gasteiger partial charge in [-0.05, 0) is 39.2 Å². The normalized spacial score (nSPS) is 11.0. The molecule has 3 aromatic rings. The van der Waals surface area contributed by atoms with Crippen molar-refractivity contribution in [1.82, 2.24) is 9.88 Å². The van der Waals surface area contributed by atoms with Gasteiger partial charge in [0.1, 0.15) is 0 Å². The van der Waals surface area contributed by atoms with Gasteiger partial charge in [-0.2, -0.15) is 0 Å². The Kier molecular flexibility index (Phi) is 6.49. The number of nitrogens with zero attached hydrogens (tertiary/aromatic N) is 3. The number of aromatic nitrogens is 1. The van der Waals surface area contributed by atoms with Crippen LogP contribution in [0.2, 0.25) is 0 Å². The van der Waals surface area contributed by atoms with Crippen LogP contribution in [0, 0.1) is 0 Å². The lowest BCUT2D eigenvalue weighted by Crippen LogP contribution is -2.33. The predicted molar refractivity (Wildman–Crippen MR) is 114 cm³/mol. The number of fused-ring (bicyclic) bond motifs is 1. The Morgan fingerprint density at radius 3 is 2.36 bits per heavy atom. The van der Waals surface area contributed by atoms with Crippen LogP contribution in [0.15, 0.2) is 42.5 Å². The molecule has 0 fully saturated rings. The Labute approximate surface area is 169 Å². The first-order valence-corrected chi connectivity index (χ1v) is 9.89. The molecule has 0 aliphatic rings. The molecule has 0 N–H and O–H groups in total. The maximum atomic E-state index is 13.2. The second-order valence-corrected chi connectivity index (χ2v) is 7.66. The van der Waals surface area contributed by atoms with Gasteiger partial charge in [-0.1, -0.05) is 29.5 Å². The van der Waals surface area contributed by atoms with E-state index in [1.165, 1.54) is 11.3 Å². The van der Waals surface area contributed by atoms with E-state index in [0.29, 0.717) is 28.7 Å². The van der Waals surface area contributed by atoms with Crippen LogP contribution in [0.5, 0.6) is 11.5 Å². The van der Waals surface area contributed by atoms with Gasteiger partial charge in [0.25, 0.3) is 5.91 Å². The molecule has 3 rings (SSSR count). The van der Waals surface area contributed by atoms with Crippen molar-refractivity contribution in [1.29, 1.82) is 0 Å². The molecule has 0 radical (unpaired) electrons.